The Hall–Kier alpha value is -2.54. The highest BCUT2D eigenvalue weighted by Crippen LogP contribution is 2.21. The average Bonchev–Trinajstić information content (AvgIpc) is 2.60. The number of hydrogen-bond acceptors (Lipinski definition) is 7. The first-order chi connectivity index (χ1) is 11.7. The Bertz CT molecular complexity index is 684. The standard InChI is InChI=1S/C17H23N7/c1-14-13-24(7-6-19-14)15(12-18-2)17-20-5-4-16(21-17)23-10-8-22(3)9-11-23/h4-6,12-13H,2,7-11H2,1,3H3/b15-12-. The highest BCUT2D eigenvalue weighted by Gasteiger charge is 2.19. The molecule has 0 bridgehead atoms. The van der Waals surface area contributed by atoms with E-state index in [1.165, 1.54) is 0 Å². The molecule has 0 saturated carbocycles. The minimum Gasteiger partial charge on any atom is -0.354 e. The minimum atomic E-state index is 0.651. The molecular weight excluding hydrogens is 302 g/mol. The van der Waals surface area contributed by atoms with Gasteiger partial charge in [-0.2, -0.15) is 0 Å². The normalized spacial score (nSPS) is 19.4. The molecule has 24 heavy (non-hydrogen) atoms. The Morgan fingerprint density at radius 1 is 1.29 bits per heavy atom. The van der Waals surface area contributed by atoms with Crippen LogP contribution in [0.3, 0.4) is 0 Å². The third kappa shape index (κ3) is 3.68. The summed E-state index contributed by atoms with van der Waals surface area (Å²) >= 11 is 0. The molecule has 3 heterocycles. The zero-order valence-corrected chi connectivity index (χ0v) is 14.3. The van der Waals surface area contributed by atoms with E-state index in [4.69, 9.17) is 4.98 Å². The maximum Gasteiger partial charge on any atom is 0.179 e. The van der Waals surface area contributed by atoms with Crippen molar-refractivity contribution in [3.8, 4) is 0 Å². The fourth-order valence-corrected chi connectivity index (χ4v) is 2.78. The Morgan fingerprint density at radius 2 is 2.08 bits per heavy atom. The molecule has 1 saturated heterocycles. The van der Waals surface area contributed by atoms with Crippen molar-refractivity contribution in [2.75, 3.05) is 44.7 Å². The first kappa shape index (κ1) is 16.3. The SMILES string of the molecule is C=N/C=C(/c1nccc(N2CCN(C)CC2)n1)N1C=C(C)N=CC1. The van der Waals surface area contributed by atoms with Gasteiger partial charge < -0.3 is 14.7 Å². The highest BCUT2D eigenvalue weighted by atomic mass is 15.3. The molecule has 2 aliphatic heterocycles. The number of piperazine rings is 1. The van der Waals surface area contributed by atoms with Crippen molar-refractivity contribution in [1.82, 2.24) is 19.8 Å². The second kappa shape index (κ2) is 7.35. The predicted molar refractivity (Wildman–Crippen MR) is 98.2 cm³/mol. The Balaban J connectivity index is 1.86. The number of hydrogen-bond donors (Lipinski definition) is 0. The van der Waals surface area contributed by atoms with Gasteiger partial charge in [-0.1, -0.05) is 0 Å². The summed E-state index contributed by atoms with van der Waals surface area (Å²) < 4.78 is 0. The van der Waals surface area contributed by atoms with Crippen LogP contribution >= 0.6 is 0 Å². The minimum absolute atomic E-state index is 0.651. The van der Waals surface area contributed by atoms with Crippen molar-refractivity contribution in [3.63, 3.8) is 0 Å². The van der Waals surface area contributed by atoms with Crippen molar-refractivity contribution in [3.05, 3.63) is 36.2 Å². The van der Waals surface area contributed by atoms with Gasteiger partial charge in [0, 0.05) is 44.8 Å². The molecule has 0 unspecified atom stereocenters. The summed E-state index contributed by atoms with van der Waals surface area (Å²) in [6, 6.07) is 1.96. The topological polar surface area (TPSA) is 60.2 Å². The molecule has 1 aromatic heterocycles. The van der Waals surface area contributed by atoms with Crippen LogP contribution in [-0.4, -0.2) is 72.5 Å². The summed E-state index contributed by atoms with van der Waals surface area (Å²) in [7, 11) is 2.14. The van der Waals surface area contributed by atoms with Crippen molar-refractivity contribution < 1.29 is 0 Å². The van der Waals surface area contributed by atoms with Crippen molar-refractivity contribution in [2.24, 2.45) is 9.98 Å². The second-order valence-corrected chi connectivity index (χ2v) is 5.96. The summed E-state index contributed by atoms with van der Waals surface area (Å²) in [6.07, 6.45) is 7.35. The third-order valence-corrected chi connectivity index (χ3v) is 4.14. The van der Waals surface area contributed by atoms with Gasteiger partial charge in [0.2, 0.25) is 0 Å². The van der Waals surface area contributed by atoms with Gasteiger partial charge in [-0.25, -0.2) is 9.97 Å². The lowest BCUT2D eigenvalue weighted by Crippen LogP contribution is -2.44. The van der Waals surface area contributed by atoms with Crippen LogP contribution in [0.1, 0.15) is 12.7 Å². The van der Waals surface area contributed by atoms with E-state index in [9.17, 15) is 0 Å². The number of likely N-dealkylation sites (N-methyl/N-ethyl adjacent to an activating group) is 1. The fraction of sp³-hybridized carbons (Fsp3) is 0.412. The Morgan fingerprint density at radius 3 is 2.79 bits per heavy atom. The molecule has 1 aromatic rings. The lowest BCUT2D eigenvalue weighted by molar-refractivity contribution is 0.312. The zero-order chi connectivity index (χ0) is 16.9. The maximum atomic E-state index is 4.77. The summed E-state index contributed by atoms with van der Waals surface area (Å²) in [4.78, 5) is 24.1. The summed E-state index contributed by atoms with van der Waals surface area (Å²) in [6.45, 7) is 10.2. The van der Waals surface area contributed by atoms with Gasteiger partial charge in [-0.3, -0.25) is 9.98 Å². The lowest BCUT2D eigenvalue weighted by Gasteiger charge is -2.33. The molecule has 1 fully saturated rings. The molecule has 0 radical (unpaired) electrons. The molecule has 0 spiro atoms. The largest absolute Gasteiger partial charge is 0.354 e. The number of nitrogens with zero attached hydrogens (tertiary/aromatic N) is 7. The predicted octanol–water partition coefficient (Wildman–Crippen LogP) is 1.48. The van der Waals surface area contributed by atoms with E-state index in [0.29, 0.717) is 12.4 Å². The molecule has 0 amide bonds. The molecule has 0 N–H and O–H groups in total. The number of aliphatic imine (C=N–C) groups is 2. The molecule has 0 aliphatic carbocycles. The molecular formula is C17H23N7. The number of allylic oxidation sites excluding steroid dienone is 1. The van der Waals surface area contributed by atoms with E-state index in [0.717, 1.165) is 43.4 Å². The van der Waals surface area contributed by atoms with Gasteiger partial charge >= 0.3 is 0 Å². The molecule has 3 rings (SSSR count). The summed E-state index contributed by atoms with van der Waals surface area (Å²) in [5.74, 6) is 1.60. The van der Waals surface area contributed by atoms with E-state index in [1.54, 1.807) is 6.20 Å². The van der Waals surface area contributed by atoms with E-state index in [2.05, 4.69) is 38.5 Å². The highest BCUT2D eigenvalue weighted by molar-refractivity contribution is 5.70. The monoisotopic (exact) mass is 325 g/mol. The third-order valence-electron chi connectivity index (χ3n) is 4.14. The zero-order valence-electron chi connectivity index (χ0n) is 14.3. The number of aromatic nitrogens is 2. The smallest absolute Gasteiger partial charge is 0.179 e. The van der Waals surface area contributed by atoms with Gasteiger partial charge in [-0.15, -0.1) is 0 Å². The van der Waals surface area contributed by atoms with Crippen molar-refractivity contribution in [1.29, 1.82) is 0 Å². The van der Waals surface area contributed by atoms with Gasteiger partial charge in [-0.05, 0) is 26.8 Å². The molecule has 126 valence electrons. The first-order valence-electron chi connectivity index (χ1n) is 8.08. The van der Waals surface area contributed by atoms with E-state index >= 15 is 0 Å². The van der Waals surface area contributed by atoms with E-state index in [-0.39, 0.29) is 0 Å². The quantitative estimate of drug-likeness (QED) is 0.785. The van der Waals surface area contributed by atoms with Crippen LogP contribution in [0.25, 0.3) is 5.70 Å². The molecule has 0 aromatic carbocycles. The van der Waals surface area contributed by atoms with Crippen LogP contribution in [-0.2, 0) is 0 Å². The van der Waals surface area contributed by atoms with Gasteiger partial charge in [0.1, 0.15) is 11.5 Å². The van der Waals surface area contributed by atoms with Gasteiger partial charge in [0.15, 0.2) is 5.82 Å². The van der Waals surface area contributed by atoms with Crippen LogP contribution in [0.5, 0.6) is 0 Å². The van der Waals surface area contributed by atoms with Gasteiger partial charge in [0.05, 0.1) is 18.4 Å². The fourth-order valence-electron chi connectivity index (χ4n) is 2.78. The Kier molecular flexibility index (Phi) is 5.00. The molecule has 7 nitrogen and oxygen atoms in total. The summed E-state index contributed by atoms with van der Waals surface area (Å²) in [5.41, 5.74) is 1.76. The molecule has 7 heteroatoms. The van der Waals surface area contributed by atoms with Gasteiger partial charge in [0.25, 0.3) is 0 Å². The van der Waals surface area contributed by atoms with Crippen LogP contribution < -0.4 is 4.90 Å². The van der Waals surface area contributed by atoms with Crippen LogP contribution in [0, 0.1) is 0 Å². The molecule has 0 atom stereocenters. The maximum absolute atomic E-state index is 4.77. The average molecular weight is 325 g/mol. The summed E-state index contributed by atoms with van der Waals surface area (Å²) in [5, 5.41) is 0. The first-order valence-corrected chi connectivity index (χ1v) is 8.08. The lowest BCUT2D eigenvalue weighted by atomic mass is 10.3. The van der Waals surface area contributed by atoms with Crippen molar-refractivity contribution in [2.45, 2.75) is 6.92 Å². The number of anilines is 1. The van der Waals surface area contributed by atoms with Crippen LogP contribution in [0.15, 0.2) is 40.3 Å². The molecule has 2 aliphatic rings. The van der Waals surface area contributed by atoms with Crippen molar-refractivity contribution >= 4 is 24.4 Å². The second-order valence-electron chi connectivity index (χ2n) is 5.96. The van der Waals surface area contributed by atoms with Crippen LogP contribution in [0.4, 0.5) is 5.82 Å². The van der Waals surface area contributed by atoms with Crippen LogP contribution in [0.2, 0.25) is 0 Å². The van der Waals surface area contributed by atoms with E-state index < -0.39 is 0 Å². The van der Waals surface area contributed by atoms with E-state index in [1.807, 2.05) is 36.5 Å². The Labute approximate surface area is 142 Å². The number of rotatable bonds is 4.